The van der Waals surface area contributed by atoms with E-state index in [1.54, 1.807) is 18.6 Å². The van der Waals surface area contributed by atoms with Gasteiger partial charge in [-0.25, -0.2) is 19.7 Å². The first kappa shape index (κ1) is 21.9. The molecule has 1 fully saturated rings. The maximum absolute atomic E-state index is 12.8. The number of hydrogen-bond donors (Lipinski definition) is 2. The summed E-state index contributed by atoms with van der Waals surface area (Å²) in [7, 11) is 0. The van der Waals surface area contributed by atoms with Crippen molar-refractivity contribution in [1.82, 2.24) is 19.9 Å². The number of H-pyrrole nitrogens is 1. The molecule has 0 atom stereocenters. The SMILES string of the molecule is CC(=O)c1c(N2CCOCC2)c2ccc(Nc3nccc(-c4ccc5[nH]cnc5c4)n3)cc2oc1=O. The van der Waals surface area contributed by atoms with Crippen molar-refractivity contribution in [1.29, 1.82) is 0 Å². The van der Waals surface area contributed by atoms with Gasteiger partial charge in [0.1, 0.15) is 11.1 Å². The Balaban J connectivity index is 1.36. The van der Waals surface area contributed by atoms with Crippen LogP contribution in [0.3, 0.4) is 0 Å². The first-order chi connectivity index (χ1) is 17.6. The van der Waals surface area contributed by atoms with E-state index in [-0.39, 0.29) is 11.3 Å². The van der Waals surface area contributed by atoms with Crippen LogP contribution >= 0.6 is 0 Å². The van der Waals surface area contributed by atoms with E-state index in [0.717, 1.165) is 22.3 Å². The van der Waals surface area contributed by atoms with Crippen molar-refractivity contribution in [2.24, 2.45) is 0 Å². The van der Waals surface area contributed by atoms with Crippen LogP contribution in [0.25, 0.3) is 33.3 Å². The number of anilines is 3. The number of benzene rings is 2. The summed E-state index contributed by atoms with van der Waals surface area (Å²) >= 11 is 0. The van der Waals surface area contributed by atoms with Crippen molar-refractivity contribution in [3.8, 4) is 11.3 Å². The molecule has 10 heteroatoms. The Morgan fingerprint density at radius 2 is 1.94 bits per heavy atom. The molecule has 0 unspecified atom stereocenters. The van der Waals surface area contributed by atoms with Gasteiger partial charge in [0.15, 0.2) is 5.78 Å². The fourth-order valence-electron chi connectivity index (χ4n) is 4.49. The standard InChI is InChI=1S/C26H22N6O4/c1-15(33)23-24(32-8-10-35-11-9-32)18-4-3-17(13-22(18)36-25(23)34)30-26-27-7-6-19(31-26)16-2-5-20-21(12-16)29-14-28-20/h2-7,12-14H,8-11H2,1H3,(H,28,29)(H,27,30,31). The number of ketones is 1. The number of Topliss-reactive ketones (excluding diaryl/α,β-unsaturated/α-hetero) is 1. The highest BCUT2D eigenvalue weighted by Gasteiger charge is 2.24. The zero-order valence-electron chi connectivity index (χ0n) is 19.4. The fraction of sp³-hybridized carbons (Fsp3) is 0.192. The highest BCUT2D eigenvalue weighted by Crippen LogP contribution is 2.32. The molecule has 36 heavy (non-hydrogen) atoms. The summed E-state index contributed by atoms with van der Waals surface area (Å²) in [6, 6.07) is 13.1. The molecule has 10 nitrogen and oxygen atoms in total. The lowest BCUT2D eigenvalue weighted by Crippen LogP contribution is -2.38. The second-order valence-corrected chi connectivity index (χ2v) is 8.50. The minimum absolute atomic E-state index is 0.0648. The van der Waals surface area contributed by atoms with E-state index in [2.05, 4.69) is 25.3 Å². The zero-order chi connectivity index (χ0) is 24.6. The van der Waals surface area contributed by atoms with Gasteiger partial charge in [-0.3, -0.25) is 4.79 Å². The van der Waals surface area contributed by atoms with E-state index in [0.29, 0.717) is 54.6 Å². The number of aromatic amines is 1. The van der Waals surface area contributed by atoms with Crippen LogP contribution in [0.1, 0.15) is 17.3 Å². The number of aromatic nitrogens is 4. The molecule has 0 bridgehead atoms. The maximum Gasteiger partial charge on any atom is 0.349 e. The van der Waals surface area contributed by atoms with Gasteiger partial charge in [-0.05, 0) is 37.3 Å². The van der Waals surface area contributed by atoms with E-state index < -0.39 is 5.63 Å². The Kier molecular flexibility index (Phi) is 5.42. The quantitative estimate of drug-likeness (QED) is 0.283. The average Bonchev–Trinajstić information content (AvgIpc) is 3.36. The van der Waals surface area contributed by atoms with E-state index in [4.69, 9.17) is 9.15 Å². The monoisotopic (exact) mass is 482 g/mol. The highest BCUT2D eigenvalue weighted by atomic mass is 16.5. The lowest BCUT2D eigenvalue weighted by molar-refractivity contribution is 0.101. The van der Waals surface area contributed by atoms with E-state index in [1.807, 2.05) is 41.3 Å². The number of morpholine rings is 1. The van der Waals surface area contributed by atoms with Crippen molar-refractivity contribution in [2.45, 2.75) is 6.92 Å². The molecular formula is C26H22N6O4. The van der Waals surface area contributed by atoms with Crippen LogP contribution in [0.4, 0.5) is 17.3 Å². The van der Waals surface area contributed by atoms with Gasteiger partial charge in [-0.15, -0.1) is 0 Å². The van der Waals surface area contributed by atoms with Gasteiger partial charge in [0.05, 0.1) is 42.0 Å². The third kappa shape index (κ3) is 3.97. The molecule has 1 aliphatic rings. The molecule has 6 rings (SSSR count). The van der Waals surface area contributed by atoms with Crippen molar-refractivity contribution < 1.29 is 13.9 Å². The topological polar surface area (TPSA) is 126 Å². The highest BCUT2D eigenvalue weighted by molar-refractivity contribution is 6.07. The Labute approximate surface area is 205 Å². The minimum atomic E-state index is -0.652. The van der Waals surface area contributed by atoms with Crippen LogP contribution in [-0.4, -0.2) is 52.0 Å². The molecule has 0 saturated carbocycles. The molecule has 0 radical (unpaired) electrons. The Bertz CT molecular complexity index is 1670. The van der Waals surface area contributed by atoms with Gasteiger partial charge < -0.3 is 24.4 Å². The molecule has 3 aromatic heterocycles. The summed E-state index contributed by atoms with van der Waals surface area (Å²) < 4.78 is 11.0. The number of fused-ring (bicyclic) bond motifs is 2. The molecule has 2 N–H and O–H groups in total. The zero-order valence-corrected chi connectivity index (χ0v) is 19.4. The maximum atomic E-state index is 12.8. The first-order valence-electron chi connectivity index (χ1n) is 11.5. The van der Waals surface area contributed by atoms with Crippen LogP contribution in [-0.2, 0) is 4.74 Å². The second-order valence-electron chi connectivity index (χ2n) is 8.50. The first-order valence-corrected chi connectivity index (χ1v) is 11.5. The Morgan fingerprint density at radius 1 is 1.08 bits per heavy atom. The summed E-state index contributed by atoms with van der Waals surface area (Å²) in [5, 5.41) is 3.88. The summed E-state index contributed by atoms with van der Waals surface area (Å²) in [5.74, 6) is 0.0673. The van der Waals surface area contributed by atoms with Gasteiger partial charge in [0.2, 0.25) is 5.95 Å². The lowest BCUT2D eigenvalue weighted by atomic mass is 10.1. The largest absolute Gasteiger partial charge is 0.422 e. The van der Waals surface area contributed by atoms with Crippen molar-refractivity contribution in [2.75, 3.05) is 36.5 Å². The molecule has 180 valence electrons. The van der Waals surface area contributed by atoms with Gasteiger partial charge >= 0.3 is 5.63 Å². The van der Waals surface area contributed by atoms with Crippen molar-refractivity contribution in [3.05, 3.63) is 71.0 Å². The summed E-state index contributed by atoms with van der Waals surface area (Å²) in [6.07, 6.45) is 3.33. The van der Waals surface area contributed by atoms with Crippen molar-refractivity contribution in [3.63, 3.8) is 0 Å². The van der Waals surface area contributed by atoms with Gasteiger partial charge in [0, 0.05) is 42.0 Å². The number of ether oxygens (including phenoxy) is 1. The predicted octanol–water partition coefficient (Wildman–Crippen LogP) is 3.91. The van der Waals surface area contributed by atoms with E-state index >= 15 is 0 Å². The van der Waals surface area contributed by atoms with Gasteiger partial charge in [-0.1, -0.05) is 6.07 Å². The third-order valence-electron chi connectivity index (χ3n) is 6.19. The molecule has 0 amide bonds. The molecule has 4 heterocycles. The number of rotatable bonds is 5. The molecule has 0 aliphatic carbocycles. The Morgan fingerprint density at radius 3 is 2.78 bits per heavy atom. The summed E-state index contributed by atoms with van der Waals surface area (Å²) in [5.41, 5.74) is 4.48. The molecule has 2 aromatic carbocycles. The van der Waals surface area contributed by atoms with Crippen LogP contribution < -0.4 is 15.8 Å². The summed E-state index contributed by atoms with van der Waals surface area (Å²) in [4.78, 5) is 43.5. The van der Waals surface area contributed by atoms with E-state index in [1.165, 1.54) is 6.92 Å². The third-order valence-corrected chi connectivity index (χ3v) is 6.19. The van der Waals surface area contributed by atoms with Gasteiger partial charge in [-0.2, -0.15) is 0 Å². The normalized spacial score (nSPS) is 13.9. The predicted molar refractivity (Wildman–Crippen MR) is 136 cm³/mol. The fourth-order valence-corrected chi connectivity index (χ4v) is 4.49. The Hall–Kier alpha value is -4.57. The van der Waals surface area contributed by atoms with Crippen LogP contribution in [0.15, 0.2) is 64.2 Å². The van der Waals surface area contributed by atoms with Crippen LogP contribution in [0.2, 0.25) is 0 Å². The molecular weight excluding hydrogens is 460 g/mol. The number of imidazole rings is 1. The minimum Gasteiger partial charge on any atom is -0.422 e. The molecule has 1 aliphatic heterocycles. The lowest BCUT2D eigenvalue weighted by Gasteiger charge is -2.30. The average molecular weight is 483 g/mol. The molecule has 1 saturated heterocycles. The van der Waals surface area contributed by atoms with E-state index in [9.17, 15) is 9.59 Å². The number of hydrogen-bond acceptors (Lipinski definition) is 9. The second kappa shape index (κ2) is 8.90. The van der Waals surface area contributed by atoms with Crippen molar-refractivity contribution >= 4 is 45.1 Å². The summed E-state index contributed by atoms with van der Waals surface area (Å²) in [6.45, 7) is 3.61. The molecule has 5 aromatic rings. The smallest absolute Gasteiger partial charge is 0.349 e. The number of carbonyl (C=O) groups is 1. The number of nitrogens with one attached hydrogen (secondary N) is 2. The number of nitrogens with zero attached hydrogens (tertiary/aromatic N) is 4. The van der Waals surface area contributed by atoms with Crippen LogP contribution in [0, 0.1) is 0 Å². The van der Waals surface area contributed by atoms with Crippen LogP contribution in [0.5, 0.6) is 0 Å². The number of carbonyl (C=O) groups excluding carboxylic acids is 1. The molecule has 0 spiro atoms. The van der Waals surface area contributed by atoms with Gasteiger partial charge in [0.25, 0.3) is 0 Å².